The molecule has 0 saturated carbocycles. The van der Waals surface area contributed by atoms with Crippen LogP contribution in [0.25, 0.3) is 0 Å². The number of rotatable bonds is 5. The molecule has 0 atom stereocenters. The standard InChI is InChI=1S/C15H20N2O2/c1-3-19-12-15(18)17(2)11-14-8-6-13(7-9-14)5-4-10-16/h6-9H,3,10-12,16H2,1-2H3. The predicted octanol–water partition coefficient (Wildman–Crippen LogP) is 0.992. The van der Waals surface area contributed by atoms with Crippen LogP contribution in [0, 0.1) is 11.8 Å². The second kappa shape index (κ2) is 8.30. The molecule has 102 valence electrons. The molecule has 1 aromatic rings. The Hall–Kier alpha value is -1.83. The largest absolute Gasteiger partial charge is 0.372 e. The Morgan fingerprint density at radius 2 is 2.05 bits per heavy atom. The van der Waals surface area contributed by atoms with Crippen molar-refractivity contribution in [3.05, 3.63) is 35.4 Å². The summed E-state index contributed by atoms with van der Waals surface area (Å²) in [7, 11) is 1.77. The minimum Gasteiger partial charge on any atom is -0.372 e. The first kappa shape index (κ1) is 15.2. The van der Waals surface area contributed by atoms with Crippen LogP contribution in [0.3, 0.4) is 0 Å². The average molecular weight is 260 g/mol. The fourth-order valence-electron chi connectivity index (χ4n) is 1.51. The molecule has 0 aliphatic heterocycles. The number of hydrogen-bond acceptors (Lipinski definition) is 3. The minimum absolute atomic E-state index is 0.0196. The van der Waals surface area contributed by atoms with Gasteiger partial charge in [0.25, 0.3) is 0 Å². The molecule has 0 bridgehead atoms. The Balaban J connectivity index is 2.55. The van der Waals surface area contributed by atoms with Gasteiger partial charge in [-0.2, -0.15) is 0 Å². The molecule has 0 aliphatic rings. The molecule has 1 rings (SSSR count). The van der Waals surface area contributed by atoms with Gasteiger partial charge in [-0.05, 0) is 24.6 Å². The van der Waals surface area contributed by atoms with Gasteiger partial charge in [0.2, 0.25) is 5.91 Å². The first-order valence-corrected chi connectivity index (χ1v) is 6.27. The lowest BCUT2D eigenvalue weighted by Crippen LogP contribution is -2.29. The lowest BCUT2D eigenvalue weighted by atomic mass is 10.1. The van der Waals surface area contributed by atoms with Crippen LogP contribution in [0.1, 0.15) is 18.1 Å². The van der Waals surface area contributed by atoms with Crippen LogP contribution < -0.4 is 5.73 Å². The molecule has 0 unspecified atom stereocenters. The van der Waals surface area contributed by atoms with Crippen LogP contribution in [-0.2, 0) is 16.1 Å². The summed E-state index contributed by atoms with van der Waals surface area (Å²) in [6.45, 7) is 3.47. The summed E-state index contributed by atoms with van der Waals surface area (Å²) in [6.07, 6.45) is 0. The van der Waals surface area contributed by atoms with Gasteiger partial charge in [-0.1, -0.05) is 24.0 Å². The van der Waals surface area contributed by atoms with E-state index < -0.39 is 0 Å². The summed E-state index contributed by atoms with van der Waals surface area (Å²) < 4.78 is 5.10. The number of nitrogens with zero attached hydrogens (tertiary/aromatic N) is 1. The normalized spacial score (nSPS) is 9.63. The maximum absolute atomic E-state index is 11.7. The van der Waals surface area contributed by atoms with E-state index in [2.05, 4.69) is 11.8 Å². The molecule has 0 radical (unpaired) electrons. The van der Waals surface area contributed by atoms with Gasteiger partial charge in [0.1, 0.15) is 6.61 Å². The Morgan fingerprint density at radius 1 is 1.37 bits per heavy atom. The van der Waals surface area contributed by atoms with E-state index in [0.29, 0.717) is 19.7 Å². The van der Waals surface area contributed by atoms with Gasteiger partial charge in [-0.25, -0.2) is 0 Å². The second-order valence-corrected chi connectivity index (χ2v) is 4.09. The van der Waals surface area contributed by atoms with Gasteiger partial charge in [0.05, 0.1) is 6.54 Å². The Kier molecular flexibility index (Phi) is 6.65. The number of ether oxygens (including phenoxy) is 1. The summed E-state index contributed by atoms with van der Waals surface area (Å²) >= 11 is 0. The van der Waals surface area contributed by atoms with E-state index in [1.54, 1.807) is 11.9 Å². The lowest BCUT2D eigenvalue weighted by Gasteiger charge is -2.17. The third kappa shape index (κ3) is 5.56. The minimum atomic E-state index is -0.0196. The molecular weight excluding hydrogens is 240 g/mol. The van der Waals surface area contributed by atoms with Crippen molar-refractivity contribution in [2.75, 3.05) is 26.8 Å². The maximum Gasteiger partial charge on any atom is 0.248 e. The molecule has 0 fully saturated rings. The zero-order valence-electron chi connectivity index (χ0n) is 11.5. The quantitative estimate of drug-likeness (QED) is 0.803. The summed E-state index contributed by atoms with van der Waals surface area (Å²) in [5.74, 6) is 5.74. The number of hydrogen-bond donors (Lipinski definition) is 1. The highest BCUT2D eigenvalue weighted by molar-refractivity contribution is 5.77. The van der Waals surface area contributed by atoms with Crippen LogP contribution in [0.15, 0.2) is 24.3 Å². The van der Waals surface area contributed by atoms with E-state index in [1.165, 1.54) is 0 Å². The van der Waals surface area contributed by atoms with Gasteiger partial charge in [0, 0.05) is 25.8 Å². The monoisotopic (exact) mass is 260 g/mol. The Morgan fingerprint density at radius 3 is 2.63 bits per heavy atom. The number of carbonyl (C=O) groups excluding carboxylic acids is 1. The lowest BCUT2D eigenvalue weighted by molar-refractivity contribution is -0.135. The predicted molar refractivity (Wildman–Crippen MR) is 75.3 cm³/mol. The van der Waals surface area contributed by atoms with Crippen LogP contribution >= 0.6 is 0 Å². The van der Waals surface area contributed by atoms with Gasteiger partial charge in [-0.3, -0.25) is 4.79 Å². The van der Waals surface area contributed by atoms with Crippen LogP contribution in [0.5, 0.6) is 0 Å². The smallest absolute Gasteiger partial charge is 0.248 e. The van der Waals surface area contributed by atoms with Crippen molar-refractivity contribution in [2.45, 2.75) is 13.5 Å². The third-order valence-electron chi connectivity index (χ3n) is 2.56. The molecule has 0 aliphatic carbocycles. The first-order chi connectivity index (χ1) is 9.17. The molecule has 1 aromatic carbocycles. The van der Waals surface area contributed by atoms with Gasteiger partial charge in [0.15, 0.2) is 0 Å². The average Bonchev–Trinajstić information content (AvgIpc) is 2.43. The summed E-state index contributed by atoms with van der Waals surface area (Å²) in [5.41, 5.74) is 7.30. The molecule has 4 heteroatoms. The van der Waals surface area contributed by atoms with Gasteiger partial charge < -0.3 is 15.4 Å². The van der Waals surface area contributed by atoms with E-state index >= 15 is 0 Å². The number of carbonyl (C=O) groups is 1. The molecule has 0 spiro atoms. The van der Waals surface area contributed by atoms with Crippen molar-refractivity contribution in [1.29, 1.82) is 0 Å². The highest BCUT2D eigenvalue weighted by atomic mass is 16.5. The van der Waals surface area contributed by atoms with Gasteiger partial charge in [-0.15, -0.1) is 0 Å². The number of nitrogens with two attached hydrogens (primary N) is 1. The van der Waals surface area contributed by atoms with E-state index in [4.69, 9.17) is 10.5 Å². The molecule has 0 aromatic heterocycles. The van der Waals surface area contributed by atoms with E-state index in [-0.39, 0.29) is 12.5 Å². The first-order valence-electron chi connectivity index (χ1n) is 6.27. The fraction of sp³-hybridized carbons (Fsp3) is 0.400. The van der Waals surface area contributed by atoms with Crippen LogP contribution in [-0.4, -0.2) is 37.6 Å². The van der Waals surface area contributed by atoms with Crippen molar-refractivity contribution >= 4 is 5.91 Å². The fourth-order valence-corrected chi connectivity index (χ4v) is 1.51. The third-order valence-corrected chi connectivity index (χ3v) is 2.56. The van der Waals surface area contributed by atoms with Crippen LogP contribution in [0.4, 0.5) is 0 Å². The SMILES string of the molecule is CCOCC(=O)N(C)Cc1ccc(C#CCN)cc1. The molecule has 19 heavy (non-hydrogen) atoms. The zero-order valence-corrected chi connectivity index (χ0v) is 11.5. The summed E-state index contributed by atoms with van der Waals surface area (Å²) in [6, 6.07) is 7.79. The molecule has 2 N–H and O–H groups in total. The zero-order chi connectivity index (χ0) is 14.1. The van der Waals surface area contributed by atoms with E-state index in [1.807, 2.05) is 31.2 Å². The number of likely N-dealkylation sites (N-methyl/N-ethyl adjacent to an activating group) is 1. The van der Waals surface area contributed by atoms with Gasteiger partial charge >= 0.3 is 0 Å². The Labute approximate surface area is 114 Å². The topological polar surface area (TPSA) is 55.6 Å². The number of amides is 1. The van der Waals surface area contributed by atoms with E-state index in [0.717, 1.165) is 11.1 Å². The second-order valence-electron chi connectivity index (χ2n) is 4.09. The molecule has 1 amide bonds. The maximum atomic E-state index is 11.7. The van der Waals surface area contributed by atoms with Crippen molar-refractivity contribution < 1.29 is 9.53 Å². The molecule has 4 nitrogen and oxygen atoms in total. The van der Waals surface area contributed by atoms with Crippen molar-refractivity contribution in [1.82, 2.24) is 4.90 Å². The highest BCUT2D eigenvalue weighted by Gasteiger charge is 2.08. The van der Waals surface area contributed by atoms with Crippen molar-refractivity contribution in [2.24, 2.45) is 5.73 Å². The van der Waals surface area contributed by atoms with Crippen LogP contribution in [0.2, 0.25) is 0 Å². The molecule has 0 saturated heterocycles. The number of benzene rings is 1. The van der Waals surface area contributed by atoms with Crippen molar-refractivity contribution in [3.8, 4) is 11.8 Å². The summed E-state index contributed by atoms with van der Waals surface area (Å²) in [4.78, 5) is 13.3. The molecular formula is C15H20N2O2. The van der Waals surface area contributed by atoms with E-state index in [9.17, 15) is 4.79 Å². The highest BCUT2D eigenvalue weighted by Crippen LogP contribution is 2.06. The Bertz CT molecular complexity index is 457. The summed E-state index contributed by atoms with van der Waals surface area (Å²) in [5, 5.41) is 0. The molecule has 0 heterocycles. The van der Waals surface area contributed by atoms with Crippen molar-refractivity contribution in [3.63, 3.8) is 0 Å².